The Kier molecular flexibility index (Phi) is 4.89. The highest BCUT2D eigenvalue weighted by Crippen LogP contribution is 2.21. The molecule has 0 amide bonds. The monoisotopic (exact) mass is 372 g/mol. The number of rotatable bonds is 5. The van der Waals surface area contributed by atoms with Crippen molar-refractivity contribution in [2.45, 2.75) is 6.61 Å². The fourth-order valence-corrected chi connectivity index (χ4v) is 3.17. The van der Waals surface area contributed by atoms with E-state index < -0.39 is 5.97 Å². The molecule has 3 aromatic heterocycles. The number of morpholine rings is 1. The van der Waals surface area contributed by atoms with Crippen LogP contribution < -0.4 is 4.90 Å². The Balaban J connectivity index is 1.34. The van der Waals surface area contributed by atoms with Crippen molar-refractivity contribution >= 4 is 23.1 Å². The molecule has 4 heterocycles. The van der Waals surface area contributed by atoms with Crippen LogP contribution in [0.2, 0.25) is 0 Å². The molecule has 0 spiro atoms. The van der Waals surface area contributed by atoms with Crippen molar-refractivity contribution in [3.63, 3.8) is 0 Å². The van der Waals surface area contributed by atoms with Gasteiger partial charge in [-0.2, -0.15) is 4.98 Å². The highest BCUT2D eigenvalue weighted by atomic mass is 32.1. The molecule has 3 aromatic rings. The average molecular weight is 372 g/mol. The molecule has 0 N–H and O–H groups in total. The largest absolute Gasteiger partial charge is 0.452 e. The zero-order valence-electron chi connectivity index (χ0n) is 13.8. The summed E-state index contributed by atoms with van der Waals surface area (Å²) in [5, 5.41) is 5.81. The van der Waals surface area contributed by atoms with Crippen LogP contribution in [0.25, 0.3) is 10.7 Å². The zero-order valence-corrected chi connectivity index (χ0v) is 14.6. The number of anilines is 1. The molecule has 8 nitrogen and oxygen atoms in total. The molecule has 0 radical (unpaired) electrons. The predicted molar refractivity (Wildman–Crippen MR) is 94.0 cm³/mol. The van der Waals surface area contributed by atoms with Gasteiger partial charge in [0.1, 0.15) is 5.82 Å². The molecule has 4 rings (SSSR count). The Morgan fingerprint density at radius 1 is 1.27 bits per heavy atom. The van der Waals surface area contributed by atoms with Crippen molar-refractivity contribution in [1.82, 2.24) is 15.1 Å². The van der Waals surface area contributed by atoms with Gasteiger partial charge in [-0.15, -0.1) is 11.3 Å². The number of thiophene rings is 1. The van der Waals surface area contributed by atoms with Crippen LogP contribution in [0.4, 0.5) is 5.82 Å². The van der Waals surface area contributed by atoms with Crippen LogP contribution >= 0.6 is 11.3 Å². The van der Waals surface area contributed by atoms with Crippen molar-refractivity contribution in [1.29, 1.82) is 0 Å². The number of pyridine rings is 1. The van der Waals surface area contributed by atoms with E-state index in [1.54, 1.807) is 6.07 Å². The quantitative estimate of drug-likeness (QED) is 0.631. The molecule has 0 atom stereocenters. The molecule has 0 aliphatic carbocycles. The topological polar surface area (TPSA) is 90.6 Å². The van der Waals surface area contributed by atoms with E-state index in [0.717, 1.165) is 23.8 Å². The van der Waals surface area contributed by atoms with Gasteiger partial charge in [0.25, 0.3) is 5.89 Å². The van der Waals surface area contributed by atoms with E-state index in [0.29, 0.717) is 24.6 Å². The van der Waals surface area contributed by atoms with Crippen molar-refractivity contribution in [2.24, 2.45) is 0 Å². The van der Waals surface area contributed by atoms with Crippen LogP contribution in [-0.4, -0.2) is 47.4 Å². The van der Waals surface area contributed by atoms with Crippen LogP contribution in [-0.2, 0) is 16.1 Å². The first kappa shape index (κ1) is 16.7. The molecule has 0 bridgehead atoms. The Morgan fingerprint density at radius 3 is 2.88 bits per heavy atom. The summed E-state index contributed by atoms with van der Waals surface area (Å²) in [6.07, 6.45) is 1.51. The molecule has 1 fully saturated rings. The molecule has 0 unspecified atom stereocenters. The lowest BCUT2D eigenvalue weighted by atomic mass is 10.2. The molecule has 1 aliphatic heterocycles. The lowest BCUT2D eigenvalue weighted by Crippen LogP contribution is -2.36. The molecule has 1 saturated heterocycles. The number of aromatic nitrogens is 3. The van der Waals surface area contributed by atoms with Crippen molar-refractivity contribution < 1.29 is 18.8 Å². The highest BCUT2D eigenvalue weighted by molar-refractivity contribution is 7.13. The van der Waals surface area contributed by atoms with Gasteiger partial charge in [-0.05, 0) is 23.6 Å². The number of hydrogen-bond acceptors (Lipinski definition) is 9. The van der Waals surface area contributed by atoms with Crippen LogP contribution in [0, 0.1) is 0 Å². The maximum absolute atomic E-state index is 12.2. The van der Waals surface area contributed by atoms with E-state index in [9.17, 15) is 4.79 Å². The van der Waals surface area contributed by atoms with E-state index >= 15 is 0 Å². The number of carbonyl (C=O) groups excluding carboxylic acids is 1. The third kappa shape index (κ3) is 3.73. The number of carbonyl (C=O) groups is 1. The summed E-state index contributed by atoms with van der Waals surface area (Å²) >= 11 is 1.51. The molecule has 0 saturated carbocycles. The second kappa shape index (κ2) is 7.63. The maximum Gasteiger partial charge on any atom is 0.340 e. The Bertz CT molecular complexity index is 857. The summed E-state index contributed by atoms with van der Waals surface area (Å²) in [6, 6.07) is 7.31. The van der Waals surface area contributed by atoms with Gasteiger partial charge in [0.15, 0.2) is 6.61 Å². The molecule has 134 valence electrons. The first-order valence-corrected chi connectivity index (χ1v) is 9.00. The minimum Gasteiger partial charge on any atom is -0.452 e. The fraction of sp³-hybridized carbons (Fsp3) is 0.294. The van der Waals surface area contributed by atoms with Crippen LogP contribution in [0.1, 0.15) is 16.2 Å². The van der Waals surface area contributed by atoms with Crippen molar-refractivity contribution in [3.05, 3.63) is 47.3 Å². The van der Waals surface area contributed by atoms with E-state index in [1.807, 2.05) is 23.6 Å². The maximum atomic E-state index is 12.2. The normalized spacial score (nSPS) is 14.4. The second-order valence-electron chi connectivity index (χ2n) is 5.57. The van der Waals surface area contributed by atoms with Crippen molar-refractivity contribution in [2.75, 3.05) is 31.2 Å². The predicted octanol–water partition coefficient (Wildman–Crippen LogP) is 2.39. The number of hydrogen-bond donors (Lipinski definition) is 0. The lowest BCUT2D eigenvalue weighted by molar-refractivity contribution is 0.0429. The molecular formula is C17H16N4O4S. The summed E-state index contributed by atoms with van der Waals surface area (Å²) in [6.45, 7) is 2.87. The minimum atomic E-state index is -0.484. The molecular weight excluding hydrogens is 356 g/mol. The van der Waals surface area contributed by atoms with E-state index in [2.05, 4.69) is 20.0 Å². The molecule has 1 aliphatic rings. The summed E-state index contributed by atoms with van der Waals surface area (Å²) in [7, 11) is 0. The van der Waals surface area contributed by atoms with Crippen LogP contribution in [0.3, 0.4) is 0 Å². The fourth-order valence-electron chi connectivity index (χ4n) is 2.52. The van der Waals surface area contributed by atoms with Crippen LogP contribution in [0.15, 0.2) is 40.4 Å². The first-order chi connectivity index (χ1) is 12.8. The number of nitrogens with zero attached hydrogens (tertiary/aromatic N) is 4. The van der Waals surface area contributed by atoms with E-state index in [4.69, 9.17) is 14.0 Å². The first-order valence-electron chi connectivity index (χ1n) is 8.12. The Labute approximate surface area is 153 Å². The second-order valence-corrected chi connectivity index (χ2v) is 6.52. The van der Waals surface area contributed by atoms with Gasteiger partial charge in [0, 0.05) is 19.3 Å². The summed E-state index contributed by atoms with van der Waals surface area (Å²) < 4.78 is 15.7. The third-order valence-corrected chi connectivity index (χ3v) is 4.72. The molecule has 0 aromatic carbocycles. The van der Waals surface area contributed by atoms with Gasteiger partial charge in [-0.1, -0.05) is 11.2 Å². The van der Waals surface area contributed by atoms with Gasteiger partial charge in [-0.3, -0.25) is 0 Å². The van der Waals surface area contributed by atoms with Gasteiger partial charge < -0.3 is 18.9 Å². The number of esters is 1. The van der Waals surface area contributed by atoms with Gasteiger partial charge >= 0.3 is 5.97 Å². The Hall–Kier alpha value is -2.78. The highest BCUT2D eigenvalue weighted by Gasteiger charge is 2.15. The smallest absolute Gasteiger partial charge is 0.340 e. The summed E-state index contributed by atoms with van der Waals surface area (Å²) in [5.41, 5.74) is 0.375. The minimum absolute atomic E-state index is 0.0809. The zero-order chi connectivity index (χ0) is 17.8. The molecule has 26 heavy (non-hydrogen) atoms. The van der Waals surface area contributed by atoms with Gasteiger partial charge in [0.2, 0.25) is 5.82 Å². The van der Waals surface area contributed by atoms with Gasteiger partial charge in [-0.25, -0.2) is 9.78 Å². The summed E-state index contributed by atoms with van der Waals surface area (Å²) in [4.78, 5) is 23.7. The van der Waals surface area contributed by atoms with Gasteiger partial charge in [0.05, 0.1) is 23.7 Å². The van der Waals surface area contributed by atoms with E-state index in [1.165, 1.54) is 17.5 Å². The number of ether oxygens (including phenoxy) is 2. The Morgan fingerprint density at radius 2 is 2.15 bits per heavy atom. The van der Waals surface area contributed by atoms with Crippen LogP contribution in [0.5, 0.6) is 0 Å². The van der Waals surface area contributed by atoms with Crippen molar-refractivity contribution in [3.8, 4) is 10.7 Å². The summed E-state index contributed by atoms with van der Waals surface area (Å²) in [5.74, 6) is 1.08. The SMILES string of the molecule is O=C(OCc1nc(-c2cccs2)no1)c1ccc(N2CCOCC2)nc1. The lowest BCUT2D eigenvalue weighted by Gasteiger charge is -2.27. The third-order valence-electron chi connectivity index (χ3n) is 3.86. The van der Waals surface area contributed by atoms with E-state index in [-0.39, 0.29) is 12.5 Å². The standard InChI is InChI=1S/C17H16N4O4S/c22-17(12-3-4-14(18-10-12)21-5-7-23-8-6-21)24-11-15-19-16(20-25-15)13-2-1-9-26-13/h1-4,9-10H,5-8,11H2. The average Bonchev–Trinajstić information content (AvgIpc) is 3.38. The molecule has 9 heteroatoms.